The van der Waals surface area contributed by atoms with Gasteiger partial charge in [0.1, 0.15) is 17.6 Å². The smallest absolute Gasteiger partial charge is 0.299 e. The van der Waals surface area contributed by atoms with Crippen molar-refractivity contribution in [1.82, 2.24) is 14.9 Å². The lowest BCUT2D eigenvalue weighted by atomic mass is 9.99. The fourth-order valence-corrected chi connectivity index (χ4v) is 3.79. The first-order chi connectivity index (χ1) is 16.4. The van der Waals surface area contributed by atoms with E-state index < -0.39 is 5.83 Å². The molecule has 0 saturated carbocycles. The molecule has 0 aliphatic carbocycles. The molecule has 0 spiro atoms. The topological polar surface area (TPSA) is 89.2 Å². The number of nitrogens with one attached hydrogen (secondary N) is 1. The highest BCUT2D eigenvalue weighted by atomic mass is 19.1. The number of halogens is 1. The number of hydrogen-bond donors (Lipinski definition) is 1. The molecule has 1 aromatic carbocycles. The third-order valence-corrected chi connectivity index (χ3v) is 5.83. The standard InChI is InChI=1S/C26H29FN4O3/c1-5-19(15-28)22(27)14-17(2)24-23(20-6-8-21(33-4)9-7-20)25(32)31(3)26(30-24)34-16-18-10-12-29-13-11-18/h5-9,14,18,29H,1,10-13,16H2,2-4H3/b17-14+,22-19-. The molecule has 7 nitrogen and oxygen atoms in total. The minimum Gasteiger partial charge on any atom is -0.497 e. The maximum absolute atomic E-state index is 14.7. The molecule has 0 bridgehead atoms. The van der Waals surface area contributed by atoms with Gasteiger partial charge in [-0.2, -0.15) is 10.2 Å². The van der Waals surface area contributed by atoms with Crippen LogP contribution in [0.3, 0.4) is 0 Å². The number of aromatic nitrogens is 2. The Kier molecular flexibility index (Phi) is 8.39. The first-order valence-electron chi connectivity index (χ1n) is 11.1. The molecule has 0 atom stereocenters. The van der Waals surface area contributed by atoms with Crippen LogP contribution < -0.4 is 20.3 Å². The molecule has 2 heterocycles. The first-order valence-corrected chi connectivity index (χ1v) is 11.1. The molecule has 0 amide bonds. The van der Waals surface area contributed by atoms with E-state index in [0.29, 0.717) is 35.0 Å². The summed E-state index contributed by atoms with van der Waals surface area (Å²) in [5.74, 6) is 0.254. The molecule has 1 aromatic heterocycles. The van der Waals surface area contributed by atoms with Crippen LogP contribution in [0.15, 0.2) is 59.2 Å². The molecule has 34 heavy (non-hydrogen) atoms. The average Bonchev–Trinajstić information content (AvgIpc) is 2.86. The van der Waals surface area contributed by atoms with Crippen molar-refractivity contribution in [3.63, 3.8) is 0 Å². The van der Waals surface area contributed by atoms with Gasteiger partial charge in [-0.3, -0.25) is 9.36 Å². The van der Waals surface area contributed by atoms with Crippen molar-refractivity contribution in [3.05, 3.63) is 70.4 Å². The summed E-state index contributed by atoms with van der Waals surface area (Å²) >= 11 is 0. The molecular weight excluding hydrogens is 435 g/mol. The molecule has 1 fully saturated rings. The molecule has 0 radical (unpaired) electrons. The minimum absolute atomic E-state index is 0.164. The van der Waals surface area contributed by atoms with E-state index in [1.54, 1.807) is 51.4 Å². The summed E-state index contributed by atoms with van der Waals surface area (Å²) in [5, 5.41) is 12.4. The molecule has 0 unspecified atom stereocenters. The number of nitrogens with zero attached hydrogens (tertiary/aromatic N) is 3. The Hall–Kier alpha value is -3.70. The van der Waals surface area contributed by atoms with E-state index in [2.05, 4.69) is 16.9 Å². The fourth-order valence-electron chi connectivity index (χ4n) is 3.79. The molecule has 1 N–H and O–H groups in total. The maximum Gasteiger partial charge on any atom is 0.299 e. The van der Waals surface area contributed by atoms with Crippen molar-refractivity contribution in [1.29, 1.82) is 5.26 Å². The predicted octanol–water partition coefficient (Wildman–Crippen LogP) is 4.17. The zero-order chi connectivity index (χ0) is 24.7. The van der Waals surface area contributed by atoms with Crippen LogP contribution in [0.1, 0.15) is 25.5 Å². The second-order valence-electron chi connectivity index (χ2n) is 8.12. The molecule has 8 heteroatoms. The largest absolute Gasteiger partial charge is 0.497 e. The van der Waals surface area contributed by atoms with Crippen LogP contribution in [0, 0.1) is 17.2 Å². The van der Waals surface area contributed by atoms with Gasteiger partial charge >= 0.3 is 0 Å². The van der Waals surface area contributed by atoms with Crippen LogP contribution in [0.25, 0.3) is 16.7 Å². The number of hydrogen-bond acceptors (Lipinski definition) is 6. The molecule has 1 aliphatic heterocycles. The normalized spacial score (nSPS) is 15.3. The van der Waals surface area contributed by atoms with Gasteiger partial charge in [0.2, 0.25) is 0 Å². The predicted molar refractivity (Wildman–Crippen MR) is 130 cm³/mol. The summed E-state index contributed by atoms with van der Waals surface area (Å²) in [4.78, 5) is 18.1. The van der Waals surface area contributed by atoms with E-state index >= 15 is 0 Å². The number of benzene rings is 1. The van der Waals surface area contributed by atoms with E-state index in [9.17, 15) is 9.18 Å². The lowest BCUT2D eigenvalue weighted by molar-refractivity contribution is 0.194. The van der Waals surface area contributed by atoms with Gasteiger partial charge in [-0.05, 0) is 74.2 Å². The number of allylic oxidation sites excluding steroid dienone is 5. The fraction of sp³-hybridized carbons (Fsp3) is 0.346. The van der Waals surface area contributed by atoms with Gasteiger partial charge in [0.15, 0.2) is 0 Å². The number of piperidine rings is 1. The van der Waals surface area contributed by atoms with Crippen LogP contribution in [0.4, 0.5) is 4.39 Å². The number of methoxy groups -OCH3 is 1. The van der Waals surface area contributed by atoms with Crippen LogP contribution in [0.5, 0.6) is 11.8 Å². The lowest BCUT2D eigenvalue weighted by Gasteiger charge is -2.23. The minimum atomic E-state index is -0.754. The summed E-state index contributed by atoms with van der Waals surface area (Å²) in [6.45, 7) is 7.41. The highest BCUT2D eigenvalue weighted by molar-refractivity contribution is 5.79. The molecule has 2 aromatic rings. The average molecular weight is 465 g/mol. The van der Waals surface area contributed by atoms with E-state index in [4.69, 9.17) is 14.7 Å². The van der Waals surface area contributed by atoms with Gasteiger partial charge in [0.25, 0.3) is 11.6 Å². The van der Waals surface area contributed by atoms with Crippen LogP contribution in [-0.4, -0.2) is 36.4 Å². The van der Waals surface area contributed by atoms with E-state index in [1.165, 1.54) is 10.6 Å². The Labute approximate surface area is 198 Å². The van der Waals surface area contributed by atoms with E-state index in [0.717, 1.165) is 32.0 Å². The molecule has 1 aliphatic rings. The quantitative estimate of drug-likeness (QED) is 0.466. The maximum atomic E-state index is 14.7. The Morgan fingerprint density at radius 1 is 1.35 bits per heavy atom. The van der Waals surface area contributed by atoms with Crippen molar-refractivity contribution in [3.8, 4) is 29.0 Å². The lowest BCUT2D eigenvalue weighted by Crippen LogP contribution is -2.31. The summed E-state index contributed by atoms with van der Waals surface area (Å²) in [7, 11) is 3.17. The summed E-state index contributed by atoms with van der Waals surface area (Å²) in [6.07, 6.45) is 4.30. The summed E-state index contributed by atoms with van der Waals surface area (Å²) in [6, 6.07) is 8.91. The van der Waals surface area contributed by atoms with Crippen molar-refractivity contribution in [2.75, 3.05) is 26.8 Å². The van der Waals surface area contributed by atoms with Crippen molar-refractivity contribution < 1.29 is 13.9 Å². The number of nitriles is 1. The highest BCUT2D eigenvalue weighted by Gasteiger charge is 2.21. The van der Waals surface area contributed by atoms with Gasteiger partial charge in [-0.25, -0.2) is 4.39 Å². The highest BCUT2D eigenvalue weighted by Crippen LogP contribution is 2.29. The number of ether oxygens (including phenoxy) is 2. The third-order valence-electron chi connectivity index (χ3n) is 5.83. The van der Waals surface area contributed by atoms with Crippen LogP contribution in [0.2, 0.25) is 0 Å². The van der Waals surface area contributed by atoms with Gasteiger partial charge in [-0.15, -0.1) is 0 Å². The third kappa shape index (κ3) is 5.61. The van der Waals surface area contributed by atoms with Crippen LogP contribution >= 0.6 is 0 Å². The van der Waals surface area contributed by atoms with E-state index in [1.807, 2.05) is 0 Å². The Bertz CT molecular complexity index is 1200. The van der Waals surface area contributed by atoms with Crippen molar-refractivity contribution in [2.24, 2.45) is 13.0 Å². The van der Waals surface area contributed by atoms with Gasteiger partial charge < -0.3 is 14.8 Å². The second-order valence-corrected chi connectivity index (χ2v) is 8.12. The Morgan fingerprint density at radius 2 is 2.03 bits per heavy atom. The molecular formula is C26H29FN4O3. The second kappa shape index (κ2) is 11.4. The van der Waals surface area contributed by atoms with Gasteiger partial charge in [-0.1, -0.05) is 18.7 Å². The van der Waals surface area contributed by atoms with Crippen LogP contribution in [-0.2, 0) is 7.05 Å². The molecule has 178 valence electrons. The van der Waals surface area contributed by atoms with Gasteiger partial charge in [0, 0.05) is 7.05 Å². The SMILES string of the molecule is C=C/C(C#N)=C(F)\C=C(/C)c1nc(OCC2CCNCC2)n(C)c(=O)c1-c1ccc(OC)cc1. The Balaban J connectivity index is 2.12. The summed E-state index contributed by atoms with van der Waals surface area (Å²) < 4.78 is 27.2. The van der Waals surface area contributed by atoms with Crippen molar-refractivity contribution in [2.45, 2.75) is 19.8 Å². The zero-order valence-electron chi connectivity index (χ0n) is 19.7. The summed E-state index contributed by atoms with van der Waals surface area (Å²) in [5.41, 5.74) is 1.05. The molecule has 3 rings (SSSR count). The molecule has 1 saturated heterocycles. The van der Waals surface area contributed by atoms with Gasteiger partial charge in [0.05, 0.1) is 30.5 Å². The Morgan fingerprint density at radius 3 is 2.62 bits per heavy atom. The van der Waals surface area contributed by atoms with Crippen molar-refractivity contribution >= 4 is 5.57 Å². The zero-order valence-corrected chi connectivity index (χ0v) is 19.7. The number of rotatable bonds is 8. The van der Waals surface area contributed by atoms with E-state index in [-0.39, 0.29) is 22.8 Å². The monoisotopic (exact) mass is 464 g/mol. The first kappa shape index (κ1) is 24.9.